The molecule has 0 bridgehead atoms. The van der Waals surface area contributed by atoms with Gasteiger partial charge in [-0.2, -0.15) is 4.58 Å². The van der Waals surface area contributed by atoms with E-state index in [0.717, 1.165) is 35.6 Å². The molecule has 0 saturated carbocycles. The fraction of sp³-hybridized carbons (Fsp3) is 0.349. The van der Waals surface area contributed by atoms with E-state index in [0.29, 0.717) is 28.8 Å². The van der Waals surface area contributed by atoms with Crippen molar-refractivity contribution in [2.75, 3.05) is 25.7 Å². The summed E-state index contributed by atoms with van der Waals surface area (Å²) < 4.78 is 13.9. The maximum absolute atomic E-state index is 13.6. The highest BCUT2D eigenvalue weighted by Crippen LogP contribution is 2.40. The van der Waals surface area contributed by atoms with Gasteiger partial charge in [0.15, 0.2) is 6.54 Å². The van der Waals surface area contributed by atoms with E-state index in [9.17, 15) is 9.90 Å². The topological polar surface area (TPSA) is 62.0 Å². The van der Waals surface area contributed by atoms with Crippen molar-refractivity contribution in [2.24, 2.45) is 0 Å². The Hall–Kier alpha value is -4.52. The number of hydrogen-bond donors (Lipinski definition) is 1. The largest absolute Gasteiger partial charge is 0.506 e. The Morgan fingerprint density at radius 3 is 1.94 bits per heavy atom. The Balaban J connectivity index is 1.46. The summed E-state index contributed by atoms with van der Waals surface area (Å²) >= 11 is 0. The van der Waals surface area contributed by atoms with Gasteiger partial charge in [-0.3, -0.25) is 4.79 Å². The molecule has 2 aliphatic carbocycles. The molecule has 0 fully saturated rings. The molecule has 0 amide bonds. The minimum Gasteiger partial charge on any atom is -0.506 e. The molecule has 3 aromatic rings. The number of aliphatic hydroxyl groups excluding tert-OH is 1. The van der Waals surface area contributed by atoms with Gasteiger partial charge in [0.1, 0.15) is 11.9 Å². The van der Waals surface area contributed by atoms with E-state index in [1.54, 1.807) is 14.2 Å². The third-order valence-electron chi connectivity index (χ3n) is 9.91. The highest BCUT2D eigenvalue weighted by molar-refractivity contribution is 6.39. The monoisotopic (exact) mass is 659 g/mol. The number of carbonyl (C=O) groups excluding carboxylic acids is 1. The minimum atomic E-state index is -0.153. The van der Waals surface area contributed by atoms with Crippen LogP contribution in [0.1, 0.15) is 61.4 Å². The van der Waals surface area contributed by atoms with Gasteiger partial charge >= 0.3 is 0 Å². The van der Waals surface area contributed by atoms with E-state index < -0.39 is 0 Å². The van der Waals surface area contributed by atoms with Crippen LogP contribution in [-0.2, 0) is 14.3 Å². The van der Waals surface area contributed by atoms with Gasteiger partial charge < -0.3 is 19.5 Å². The van der Waals surface area contributed by atoms with E-state index in [1.165, 1.54) is 22.3 Å². The van der Waals surface area contributed by atoms with Crippen molar-refractivity contribution in [2.45, 2.75) is 79.6 Å². The van der Waals surface area contributed by atoms with Crippen LogP contribution in [0, 0.1) is 27.7 Å². The average molecular weight is 660 g/mol. The summed E-state index contributed by atoms with van der Waals surface area (Å²) in [7, 11) is 3.51. The SMILES string of the molecule is CCC(C[N+](=C1C=CC(=C2C(=O)C(c3ccc(N(c4ccc(C)cc4C)C(C)C(CC)OC)cc3)=C2O)C=C1)c1ccc(C)cc1C)OC. The number of hydrogen-bond acceptors (Lipinski definition) is 5. The van der Waals surface area contributed by atoms with Gasteiger partial charge in [0.2, 0.25) is 17.2 Å². The molecule has 5 rings (SSSR count). The highest BCUT2D eigenvalue weighted by atomic mass is 16.5. The van der Waals surface area contributed by atoms with Crippen molar-refractivity contribution in [3.05, 3.63) is 130 Å². The zero-order chi connectivity index (χ0) is 35.4. The number of Topliss-reactive ketones (excluding diaryl/α,β-unsaturated/α-hetero) is 1. The van der Waals surface area contributed by atoms with Gasteiger partial charge in [0.05, 0.1) is 23.3 Å². The van der Waals surface area contributed by atoms with Crippen molar-refractivity contribution in [1.82, 2.24) is 0 Å². The molecule has 256 valence electrons. The lowest BCUT2D eigenvalue weighted by molar-refractivity contribution is -0.452. The number of ketones is 1. The number of allylic oxidation sites excluding steroid dienone is 7. The molecule has 3 atom stereocenters. The molecule has 0 aromatic heterocycles. The standard InChI is InChI=1S/C43H50N2O4/c1-10-36(48-8)26-44(37-22-12-27(3)24-29(37)5)34-18-14-32(15-19-34)40-42(46)41(43(40)47)33-16-20-35(21-17-33)45(31(7)39(11-2)49-9)38-23-13-28(4)25-30(38)6/h12-25,31,36,39H,10-11,26H2,1-9H3/p+1. The molecule has 3 unspecified atom stereocenters. The van der Waals surface area contributed by atoms with Crippen molar-refractivity contribution in [3.8, 4) is 0 Å². The Bertz CT molecular complexity index is 1850. The molecule has 3 aromatic carbocycles. The summed E-state index contributed by atoms with van der Waals surface area (Å²) in [6.07, 6.45) is 9.74. The lowest BCUT2D eigenvalue weighted by Crippen LogP contribution is -2.39. The summed E-state index contributed by atoms with van der Waals surface area (Å²) in [5, 5.41) is 11.3. The quantitative estimate of drug-likeness (QED) is 0.155. The van der Waals surface area contributed by atoms with Crippen molar-refractivity contribution in [1.29, 1.82) is 0 Å². The van der Waals surface area contributed by atoms with Gasteiger partial charge in [0, 0.05) is 49.4 Å². The number of methoxy groups -OCH3 is 2. The molecule has 0 heterocycles. The van der Waals surface area contributed by atoms with Crippen molar-refractivity contribution >= 4 is 34.1 Å². The smallest absolute Gasteiger partial charge is 0.208 e. The molecule has 6 heteroatoms. The van der Waals surface area contributed by atoms with Crippen molar-refractivity contribution < 1.29 is 24.0 Å². The number of benzene rings is 3. The average Bonchev–Trinajstić information content (AvgIpc) is 3.09. The molecule has 49 heavy (non-hydrogen) atoms. The number of ether oxygens (including phenoxy) is 2. The third kappa shape index (κ3) is 7.26. The Labute approximate surface area is 292 Å². The van der Waals surface area contributed by atoms with Crippen LogP contribution in [0.15, 0.2) is 102 Å². The van der Waals surface area contributed by atoms with E-state index in [4.69, 9.17) is 9.47 Å². The van der Waals surface area contributed by atoms with Gasteiger partial charge in [-0.15, -0.1) is 0 Å². The molecule has 1 N–H and O–H groups in total. The number of rotatable bonds is 12. The predicted molar refractivity (Wildman–Crippen MR) is 202 cm³/mol. The maximum Gasteiger partial charge on any atom is 0.208 e. The molecule has 0 radical (unpaired) electrons. The second-order valence-corrected chi connectivity index (χ2v) is 13.3. The fourth-order valence-corrected chi connectivity index (χ4v) is 7.10. The molecule has 2 aliphatic rings. The van der Waals surface area contributed by atoms with Crippen LogP contribution >= 0.6 is 0 Å². The second kappa shape index (κ2) is 15.4. The van der Waals surface area contributed by atoms with Crippen LogP contribution in [0.25, 0.3) is 5.57 Å². The lowest BCUT2D eigenvalue weighted by Gasteiger charge is -2.37. The normalized spacial score (nSPS) is 16.2. The second-order valence-electron chi connectivity index (χ2n) is 13.3. The summed E-state index contributed by atoms with van der Waals surface area (Å²) in [4.78, 5) is 15.9. The first-order valence-electron chi connectivity index (χ1n) is 17.4. The van der Waals surface area contributed by atoms with E-state index >= 15 is 0 Å². The third-order valence-corrected chi connectivity index (χ3v) is 9.91. The number of aryl methyl sites for hydroxylation is 4. The van der Waals surface area contributed by atoms with Crippen molar-refractivity contribution in [3.63, 3.8) is 0 Å². The number of aliphatic hydroxyl groups is 1. The van der Waals surface area contributed by atoms with Gasteiger partial charge in [0.25, 0.3) is 0 Å². The molecule has 0 saturated heterocycles. The lowest BCUT2D eigenvalue weighted by atomic mass is 9.80. The molecular weight excluding hydrogens is 608 g/mol. The van der Waals surface area contributed by atoms with Crippen LogP contribution < -0.4 is 4.90 Å². The fourth-order valence-electron chi connectivity index (χ4n) is 7.10. The Morgan fingerprint density at radius 1 is 0.776 bits per heavy atom. The van der Waals surface area contributed by atoms with Gasteiger partial charge in [-0.1, -0.05) is 55.3 Å². The van der Waals surface area contributed by atoms with E-state index in [2.05, 4.69) is 94.3 Å². The number of carbonyl (C=O) groups is 1. The summed E-state index contributed by atoms with van der Waals surface area (Å²) in [5.41, 5.74) is 11.1. The maximum atomic E-state index is 13.6. The van der Waals surface area contributed by atoms with Crippen LogP contribution in [0.4, 0.5) is 17.1 Å². The highest BCUT2D eigenvalue weighted by Gasteiger charge is 2.37. The predicted octanol–water partition coefficient (Wildman–Crippen LogP) is 9.36. The Kier molecular flexibility index (Phi) is 11.2. The zero-order valence-corrected chi connectivity index (χ0v) is 30.5. The van der Waals surface area contributed by atoms with Crippen LogP contribution in [-0.4, -0.2) is 60.2 Å². The summed E-state index contributed by atoms with van der Waals surface area (Å²) in [6.45, 7) is 15.6. The molecule has 0 aliphatic heterocycles. The molecule has 0 spiro atoms. The number of nitrogens with zero attached hydrogens (tertiary/aromatic N) is 2. The van der Waals surface area contributed by atoms with Gasteiger partial charge in [-0.25, -0.2) is 0 Å². The zero-order valence-electron chi connectivity index (χ0n) is 30.5. The minimum absolute atomic E-state index is 0.0323. The Morgan fingerprint density at radius 2 is 1.41 bits per heavy atom. The molecular formula is C43H51N2O4+. The van der Waals surface area contributed by atoms with Crippen LogP contribution in [0.5, 0.6) is 0 Å². The first kappa shape index (κ1) is 35.8. The van der Waals surface area contributed by atoms with E-state index in [-0.39, 0.29) is 29.8 Å². The first-order valence-corrected chi connectivity index (χ1v) is 17.4. The van der Waals surface area contributed by atoms with Gasteiger partial charge in [-0.05, 0) is 101 Å². The number of anilines is 2. The first-order chi connectivity index (χ1) is 23.5. The van der Waals surface area contributed by atoms with Crippen LogP contribution in [0.2, 0.25) is 0 Å². The summed E-state index contributed by atoms with van der Waals surface area (Å²) in [6, 6.07) is 20.9. The van der Waals surface area contributed by atoms with E-state index in [1.807, 2.05) is 48.6 Å². The summed E-state index contributed by atoms with van der Waals surface area (Å²) in [5.74, 6) is -0.119. The molecule has 6 nitrogen and oxygen atoms in total. The van der Waals surface area contributed by atoms with Crippen LogP contribution in [0.3, 0.4) is 0 Å².